The fourth-order valence-corrected chi connectivity index (χ4v) is 3.37. The fourth-order valence-electron chi connectivity index (χ4n) is 2.97. The first-order valence-corrected chi connectivity index (χ1v) is 9.54. The minimum atomic E-state index is 0. The summed E-state index contributed by atoms with van der Waals surface area (Å²) in [6.07, 6.45) is 8.13. The Morgan fingerprint density at radius 3 is 2.65 bits per heavy atom. The van der Waals surface area contributed by atoms with Gasteiger partial charge in [-0.25, -0.2) is 0 Å². The highest BCUT2D eigenvalue weighted by Gasteiger charge is 2.44. The Balaban J connectivity index is 0.00000243. The van der Waals surface area contributed by atoms with E-state index in [1.54, 1.807) is 12.7 Å². The van der Waals surface area contributed by atoms with Gasteiger partial charge in [0, 0.05) is 36.6 Å². The second-order valence-corrected chi connectivity index (χ2v) is 7.47. The zero-order valence-corrected chi connectivity index (χ0v) is 18.9. The number of rotatable bonds is 8. The first-order chi connectivity index (χ1) is 12.2. The standard InChI is InChI=1S/C18H25BrN6.HI/c1-20-17(21-9-2-3-10-25-13-23-24-14-25)22-12-18(7-8-18)15-5-4-6-16(19)11-15;/h4-6,11,13-14H,2-3,7-10,12H2,1H3,(H2,20,21,22);1H. The molecule has 0 saturated heterocycles. The van der Waals surface area contributed by atoms with Crippen molar-refractivity contribution in [3.05, 3.63) is 47.0 Å². The van der Waals surface area contributed by atoms with Gasteiger partial charge < -0.3 is 15.2 Å². The average Bonchev–Trinajstić information content (AvgIpc) is 3.24. The molecule has 1 aliphatic rings. The maximum atomic E-state index is 4.34. The third-order valence-corrected chi connectivity index (χ3v) is 5.20. The van der Waals surface area contributed by atoms with E-state index in [1.807, 2.05) is 11.6 Å². The molecule has 2 N–H and O–H groups in total. The lowest BCUT2D eigenvalue weighted by Crippen LogP contribution is -2.41. The molecule has 2 aromatic rings. The highest BCUT2D eigenvalue weighted by molar-refractivity contribution is 14.0. The van der Waals surface area contributed by atoms with Crippen molar-refractivity contribution in [1.82, 2.24) is 25.4 Å². The zero-order valence-electron chi connectivity index (χ0n) is 15.0. The number of benzene rings is 1. The van der Waals surface area contributed by atoms with Crippen molar-refractivity contribution < 1.29 is 0 Å². The molecule has 1 saturated carbocycles. The summed E-state index contributed by atoms with van der Waals surface area (Å²) in [5, 5.41) is 14.5. The third kappa shape index (κ3) is 5.94. The summed E-state index contributed by atoms with van der Waals surface area (Å²) >= 11 is 3.57. The Morgan fingerprint density at radius 1 is 1.23 bits per heavy atom. The van der Waals surface area contributed by atoms with Crippen molar-refractivity contribution in [1.29, 1.82) is 0 Å². The Labute approximate surface area is 180 Å². The maximum Gasteiger partial charge on any atom is 0.191 e. The van der Waals surface area contributed by atoms with Crippen LogP contribution in [0.1, 0.15) is 31.2 Å². The normalized spacial score (nSPS) is 15.2. The lowest BCUT2D eigenvalue weighted by Gasteiger charge is -2.19. The summed E-state index contributed by atoms with van der Waals surface area (Å²) in [5.41, 5.74) is 1.66. The number of unbranched alkanes of at least 4 members (excludes halogenated alkanes) is 1. The van der Waals surface area contributed by atoms with E-state index in [1.165, 1.54) is 18.4 Å². The topological polar surface area (TPSA) is 67.1 Å². The number of aryl methyl sites for hydroxylation is 1. The van der Waals surface area contributed by atoms with Gasteiger partial charge in [-0.05, 0) is 43.4 Å². The van der Waals surface area contributed by atoms with E-state index in [0.29, 0.717) is 0 Å². The highest BCUT2D eigenvalue weighted by Crippen LogP contribution is 2.48. The molecule has 6 nitrogen and oxygen atoms in total. The molecule has 0 aliphatic heterocycles. The fraction of sp³-hybridized carbons (Fsp3) is 0.500. The minimum Gasteiger partial charge on any atom is -0.356 e. The highest BCUT2D eigenvalue weighted by atomic mass is 127. The SMILES string of the molecule is CN=C(NCCCCn1cnnc1)NCC1(c2cccc(Br)c2)CC1.I. The number of guanidine groups is 1. The lowest BCUT2D eigenvalue weighted by atomic mass is 9.96. The Hall–Kier alpha value is -1.16. The molecule has 0 bridgehead atoms. The second kappa shape index (κ2) is 10.2. The molecular weight excluding hydrogens is 507 g/mol. The van der Waals surface area contributed by atoms with Crippen LogP contribution in [-0.4, -0.2) is 40.9 Å². The smallest absolute Gasteiger partial charge is 0.191 e. The maximum absolute atomic E-state index is 4.34. The van der Waals surface area contributed by atoms with E-state index in [-0.39, 0.29) is 29.4 Å². The van der Waals surface area contributed by atoms with Crippen molar-refractivity contribution in [2.45, 2.75) is 37.6 Å². The van der Waals surface area contributed by atoms with E-state index in [0.717, 1.165) is 42.9 Å². The number of hydrogen-bond acceptors (Lipinski definition) is 3. The van der Waals surface area contributed by atoms with Crippen molar-refractivity contribution in [2.24, 2.45) is 4.99 Å². The van der Waals surface area contributed by atoms with E-state index < -0.39 is 0 Å². The molecule has 1 aliphatic carbocycles. The summed E-state index contributed by atoms with van der Waals surface area (Å²) in [4.78, 5) is 4.34. The summed E-state index contributed by atoms with van der Waals surface area (Å²) in [5.74, 6) is 0.880. The van der Waals surface area contributed by atoms with Crippen LogP contribution >= 0.6 is 39.9 Å². The molecule has 0 atom stereocenters. The number of hydrogen-bond donors (Lipinski definition) is 2. The molecule has 1 fully saturated rings. The summed E-state index contributed by atoms with van der Waals surface area (Å²) in [6.45, 7) is 2.78. The number of halogens is 2. The van der Waals surface area contributed by atoms with Crippen molar-refractivity contribution >= 4 is 45.9 Å². The van der Waals surface area contributed by atoms with Gasteiger partial charge in [0.2, 0.25) is 0 Å². The van der Waals surface area contributed by atoms with Crippen LogP contribution in [0.3, 0.4) is 0 Å². The van der Waals surface area contributed by atoms with E-state index in [9.17, 15) is 0 Å². The third-order valence-electron chi connectivity index (χ3n) is 4.71. The van der Waals surface area contributed by atoms with E-state index >= 15 is 0 Å². The quantitative estimate of drug-likeness (QED) is 0.237. The van der Waals surface area contributed by atoms with E-state index in [4.69, 9.17) is 0 Å². The molecular formula is C18H26BrIN6. The molecule has 3 rings (SSSR count). The monoisotopic (exact) mass is 532 g/mol. The number of nitrogens with zero attached hydrogens (tertiary/aromatic N) is 4. The van der Waals surface area contributed by atoms with Gasteiger partial charge in [0.05, 0.1) is 0 Å². The predicted molar refractivity (Wildman–Crippen MR) is 119 cm³/mol. The van der Waals surface area contributed by atoms with Gasteiger partial charge in [-0.2, -0.15) is 0 Å². The Morgan fingerprint density at radius 2 is 2.00 bits per heavy atom. The molecule has 0 radical (unpaired) electrons. The number of aliphatic imine (C=N–C) groups is 1. The number of nitrogens with one attached hydrogen (secondary N) is 2. The Kier molecular flexibility index (Phi) is 8.33. The molecule has 142 valence electrons. The lowest BCUT2D eigenvalue weighted by molar-refractivity contribution is 0.593. The van der Waals surface area contributed by atoms with Crippen LogP contribution in [0, 0.1) is 0 Å². The largest absolute Gasteiger partial charge is 0.356 e. The van der Waals surface area contributed by atoms with Crippen LogP contribution in [0.4, 0.5) is 0 Å². The van der Waals surface area contributed by atoms with Gasteiger partial charge in [0.15, 0.2) is 5.96 Å². The van der Waals surface area contributed by atoms with Gasteiger partial charge >= 0.3 is 0 Å². The van der Waals surface area contributed by atoms with Crippen LogP contribution < -0.4 is 10.6 Å². The van der Waals surface area contributed by atoms with Crippen LogP contribution in [0.25, 0.3) is 0 Å². The van der Waals surface area contributed by atoms with Crippen molar-refractivity contribution in [2.75, 3.05) is 20.1 Å². The molecule has 0 unspecified atom stereocenters. The van der Waals surface area contributed by atoms with E-state index in [2.05, 4.69) is 66.0 Å². The summed E-state index contributed by atoms with van der Waals surface area (Å²) in [6, 6.07) is 8.64. The van der Waals surface area contributed by atoms with Crippen LogP contribution in [0.15, 0.2) is 46.4 Å². The minimum absolute atomic E-state index is 0. The molecule has 1 aromatic heterocycles. The molecule has 8 heteroatoms. The van der Waals surface area contributed by atoms with Gasteiger partial charge in [-0.15, -0.1) is 34.2 Å². The average molecular weight is 533 g/mol. The molecule has 0 amide bonds. The molecule has 26 heavy (non-hydrogen) atoms. The van der Waals surface area contributed by atoms with Crippen molar-refractivity contribution in [3.8, 4) is 0 Å². The molecule has 1 aromatic carbocycles. The van der Waals surface area contributed by atoms with Gasteiger partial charge in [0.25, 0.3) is 0 Å². The van der Waals surface area contributed by atoms with Crippen LogP contribution in [0.5, 0.6) is 0 Å². The first-order valence-electron chi connectivity index (χ1n) is 8.75. The van der Waals surface area contributed by atoms with Crippen LogP contribution in [-0.2, 0) is 12.0 Å². The number of aromatic nitrogens is 3. The van der Waals surface area contributed by atoms with Gasteiger partial charge in [-0.3, -0.25) is 4.99 Å². The summed E-state index contributed by atoms with van der Waals surface area (Å²) < 4.78 is 3.15. The molecule has 1 heterocycles. The summed E-state index contributed by atoms with van der Waals surface area (Å²) in [7, 11) is 1.82. The predicted octanol–water partition coefficient (Wildman–Crippen LogP) is 3.34. The second-order valence-electron chi connectivity index (χ2n) is 6.55. The van der Waals surface area contributed by atoms with Crippen molar-refractivity contribution in [3.63, 3.8) is 0 Å². The van der Waals surface area contributed by atoms with Gasteiger partial charge in [0.1, 0.15) is 12.7 Å². The molecule has 0 spiro atoms. The van der Waals surface area contributed by atoms with Crippen LogP contribution in [0.2, 0.25) is 0 Å². The van der Waals surface area contributed by atoms with Gasteiger partial charge in [-0.1, -0.05) is 28.1 Å². The Bertz CT molecular complexity index is 699. The zero-order chi connectivity index (χ0) is 17.5. The first kappa shape index (κ1) is 21.1.